The van der Waals surface area contributed by atoms with Crippen LogP contribution in [0.15, 0.2) is 29.3 Å². The van der Waals surface area contributed by atoms with Crippen LogP contribution in [-0.2, 0) is 4.79 Å². The maximum atomic E-state index is 12.3. The number of rotatable bonds is 4. The van der Waals surface area contributed by atoms with Gasteiger partial charge in [0.05, 0.1) is 6.04 Å². The van der Waals surface area contributed by atoms with Crippen molar-refractivity contribution in [2.75, 3.05) is 23.9 Å². The summed E-state index contributed by atoms with van der Waals surface area (Å²) in [5.74, 6) is 0.968. The Morgan fingerprint density at radius 1 is 1.23 bits per heavy atom. The van der Waals surface area contributed by atoms with E-state index in [-0.39, 0.29) is 24.4 Å². The number of carbonyl (C=O) groups is 1. The van der Waals surface area contributed by atoms with Crippen molar-refractivity contribution < 1.29 is 4.79 Å². The number of aliphatic imine (C=N–C) groups is 1. The van der Waals surface area contributed by atoms with Crippen LogP contribution < -0.4 is 11.1 Å². The normalized spacial score (nSPS) is 22.7. The zero-order valence-corrected chi connectivity index (χ0v) is 17.0. The number of amides is 1. The van der Waals surface area contributed by atoms with Crippen LogP contribution in [0.5, 0.6) is 0 Å². The summed E-state index contributed by atoms with van der Waals surface area (Å²) in [4.78, 5) is 19.5. The molecule has 0 spiro atoms. The van der Waals surface area contributed by atoms with Gasteiger partial charge in [-0.1, -0.05) is 37.4 Å². The van der Waals surface area contributed by atoms with E-state index in [1.807, 2.05) is 12.1 Å². The zero-order valence-electron chi connectivity index (χ0n) is 15.3. The van der Waals surface area contributed by atoms with Crippen LogP contribution >= 0.6 is 24.2 Å². The van der Waals surface area contributed by atoms with Crippen molar-refractivity contribution in [3.8, 4) is 0 Å². The van der Waals surface area contributed by atoms with Crippen LogP contribution in [0, 0.1) is 0 Å². The molecule has 3 rings (SSSR count). The number of nitrogen functional groups attached to an aromatic ring is 1. The number of hydrogen-bond donors (Lipinski definition) is 2. The van der Waals surface area contributed by atoms with Crippen molar-refractivity contribution in [3.63, 3.8) is 0 Å². The second-order valence-corrected chi connectivity index (χ2v) is 7.99. The minimum absolute atomic E-state index is 0. The Balaban J connectivity index is 0.00000243. The molecule has 1 amide bonds. The molecule has 1 aromatic carbocycles. The molecule has 2 fully saturated rings. The summed E-state index contributed by atoms with van der Waals surface area (Å²) < 4.78 is 0. The second kappa shape index (κ2) is 10.1. The fourth-order valence-corrected chi connectivity index (χ4v) is 4.66. The van der Waals surface area contributed by atoms with Crippen LogP contribution in [0.4, 0.5) is 11.4 Å². The fourth-order valence-electron chi connectivity index (χ4n) is 3.40. The van der Waals surface area contributed by atoms with E-state index < -0.39 is 0 Å². The number of nitrogens with two attached hydrogens (primary N) is 1. The predicted molar refractivity (Wildman–Crippen MR) is 114 cm³/mol. The van der Waals surface area contributed by atoms with Crippen molar-refractivity contribution in [2.45, 2.75) is 57.0 Å². The van der Waals surface area contributed by atoms with Crippen LogP contribution in [-0.4, -0.2) is 40.9 Å². The van der Waals surface area contributed by atoms with Crippen molar-refractivity contribution >= 4 is 46.6 Å². The van der Waals surface area contributed by atoms with E-state index in [1.165, 1.54) is 38.5 Å². The first-order valence-corrected chi connectivity index (χ1v) is 10.2. The Morgan fingerprint density at radius 2 is 1.88 bits per heavy atom. The van der Waals surface area contributed by atoms with Gasteiger partial charge < -0.3 is 16.0 Å². The molecule has 0 aromatic heterocycles. The lowest BCUT2D eigenvalue weighted by Gasteiger charge is -2.21. The highest BCUT2D eigenvalue weighted by Crippen LogP contribution is 2.28. The first-order valence-electron chi connectivity index (χ1n) is 9.20. The highest BCUT2D eigenvalue weighted by atomic mass is 35.5. The largest absolute Gasteiger partial charge is 0.399 e. The Morgan fingerprint density at radius 3 is 2.54 bits per heavy atom. The topological polar surface area (TPSA) is 70.7 Å². The zero-order chi connectivity index (χ0) is 17.6. The Bertz CT molecular complexity index is 614. The lowest BCUT2D eigenvalue weighted by Crippen LogP contribution is -2.34. The van der Waals surface area contributed by atoms with Gasteiger partial charge in [-0.2, -0.15) is 0 Å². The van der Waals surface area contributed by atoms with Gasteiger partial charge in [-0.25, -0.2) is 0 Å². The summed E-state index contributed by atoms with van der Waals surface area (Å²) in [7, 11) is 2.07. The summed E-state index contributed by atoms with van der Waals surface area (Å²) >= 11 is 1.79. The van der Waals surface area contributed by atoms with Gasteiger partial charge in [0, 0.05) is 36.6 Å². The summed E-state index contributed by atoms with van der Waals surface area (Å²) in [6.45, 7) is 0. The standard InChI is InChI=1S/C19H28N4OS.ClH/c1-23-17(12-18(24)21-16-10-8-14(20)9-11-16)13-25-19(23)22-15-6-4-2-3-5-7-15;/h8-11,15,17H,2-7,12-13,20H2,1H3,(H,21,24);1H/b22-19-;. The van der Waals surface area contributed by atoms with Crippen LogP contribution in [0.2, 0.25) is 0 Å². The number of anilines is 2. The minimum atomic E-state index is 0. The maximum Gasteiger partial charge on any atom is 0.226 e. The molecule has 3 N–H and O–H groups in total. The highest BCUT2D eigenvalue weighted by Gasteiger charge is 2.29. The number of hydrogen-bond acceptors (Lipinski definition) is 4. The number of nitrogens with zero attached hydrogens (tertiary/aromatic N) is 2. The van der Waals surface area contributed by atoms with Gasteiger partial charge in [-0.15, -0.1) is 12.4 Å². The summed E-state index contributed by atoms with van der Waals surface area (Å²) in [6.07, 6.45) is 8.18. The predicted octanol–water partition coefficient (Wildman–Crippen LogP) is 4.15. The van der Waals surface area contributed by atoms with Crippen molar-refractivity contribution in [1.82, 2.24) is 4.90 Å². The molecule has 5 nitrogen and oxygen atoms in total. The van der Waals surface area contributed by atoms with Crippen LogP contribution in [0.3, 0.4) is 0 Å². The summed E-state index contributed by atoms with van der Waals surface area (Å²) in [6, 6.07) is 7.94. The molecule has 1 aliphatic heterocycles. The third-order valence-corrected chi connectivity index (χ3v) is 6.19. The van der Waals surface area contributed by atoms with Crippen LogP contribution in [0.1, 0.15) is 44.9 Å². The fraction of sp³-hybridized carbons (Fsp3) is 0.579. The van der Waals surface area contributed by atoms with Gasteiger partial charge >= 0.3 is 0 Å². The molecule has 1 heterocycles. The van der Waals surface area contributed by atoms with E-state index in [2.05, 4.69) is 17.3 Å². The molecule has 2 aliphatic rings. The SMILES string of the molecule is CN1/C(=N/C2CCCCCC2)SCC1CC(=O)Nc1ccc(N)cc1.Cl. The van der Waals surface area contributed by atoms with Gasteiger partial charge in [0.15, 0.2) is 5.17 Å². The van der Waals surface area contributed by atoms with Gasteiger partial charge in [0.2, 0.25) is 5.91 Å². The minimum Gasteiger partial charge on any atom is -0.399 e. The summed E-state index contributed by atoms with van der Waals surface area (Å²) in [5.41, 5.74) is 7.16. The highest BCUT2D eigenvalue weighted by molar-refractivity contribution is 8.14. The number of amidine groups is 1. The van der Waals surface area contributed by atoms with Gasteiger partial charge in [0.25, 0.3) is 0 Å². The van der Waals surface area contributed by atoms with E-state index in [1.54, 1.807) is 23.9 Å². The molecule has 26 heavy (non-hydrogen) atoms. The molecule has 144 valence electrons. The monoisotopic (exact) mass is 396 g/mol. The van der Waals surface area contributed by atoms with Crippen molar-refractivity contribution in [1.29, 1.82) is 0 Å². The third kappa shape index (κ3) is 5.81. The molecule has 1 saturated carbocycles. The van der Waals surface area contributed by atoms with Gasteiger partial charge in [0.1, 0.15) is 0 Å². The Labute approximate surface area is 166 Å². The maximum absolute atomic E-state index is 12.3. The average molecular weight is 397 g/mol. The number of nitrogens with one attached hydrogen (secondary N) is 1. The van der Waals surface area contributed by atoms with E-state index in [0.29, 0.717) is 18.2 Å². The van der Waals surface area contributed by atoms with Gasteiger partial charge in [-0.05, 0) is 37.1 Å². The summed E-state index contributed by atoms with van der Waals surface area (Å²) in [5, 5.41) is 4.06. The Hall–Kier alpha value is -1.40. The molecule has 1 aliphatic carbocycles. The molecule has 7 heteroatoms. The molecule has 1 unspecified atom stereocenters. The number of halogens is 1. The lowest BCUT2D eigenvalue weighted by atomic mass is 10.1. The van der Waals surface area contributed by atoms with Crippen LogP contribution in [0.25, 0.3) is 0 Å². The quantitative estimate of drug-likeness (QED) is 0.592. The molecular weight excluding hydrogens is 368 g/mol. The van der Waals surface area contributed by atoms with E-state index in [4.69, 9.17) is 10.7 Å². The van der Waals surface area contributed by atoms with Crippen molar-refractivity contribution in [3.05, 3.63) is 24.3 Å². The third-order valence-electron chi connectivity index (χ3n) is 4.99. The molecular formula is C19H29ClN4OS. The van der Waals surface area contributed by atoms with Crippen molar-refractivity contribution in [2.24, 2.45) is 4.99 Å². The lowest BCUT2D eigenvalue weighted by molar-refractivity contribution is -0.116. The number of carbonyl (C=O) groups excluding carboxylic acids is 1. The molecule has 0 bridgehead atoms. The average Bonchev–Trinajstić information content (AvgIpc) is 2.79. The molecule has 0 radical (unpaired) electrons. The van der Waals surface area contributed by atoms with E-state index in [0.717, 1.165) is 16.6 Å². The Kier molecular flexibility index (Phi) is 8.10. The number of benzene rings is 1. The molecule has 1 aromatic rings. The van der Waals surface area contributed by atoms with Gasteiger partial charge in [-0.3, -0.25) is 9.79 Å². The van der Waals surface area contributed by atoms with E-state index in [9.17, 15) is 4.79 Å². The smallest absolute Gasteiger partial charge is 0.226 e. The number of thioether (sulfide) groups is 1. The first kappa shape index (κ1) is 20.9. The molecule has 1 saturated heterocycles. The second-order valence-electron chi connectivity index (χ2n) is 7.01. The molecule has 1 atom stereocenters. The van der Waals surface area contributed by atoms with E-state index >= 15 is 0 Å². The first-order chi connectivity index (χ1) is 12.1.